The highest BCUT2D eigenvalue weighted by molar-refractivity contribution is 6.83. The average Bonchev–Trinajstić information content (AvgIpc) is 3.02. The number of hydrogen-bond acceptors (Lipinski definition) is 4. The maximum atomic E-state index is 7.28. The van der Waals surface area contributed by atoms with Gasteiger partial charge in [-0.15, -0.1) is 0 Å². The summed E-state index contributed by atoms with van der Waals surface area (Å²) in [5.41, 5.74) is 5.22. The Morgan fingerprint density at radius 1 is 0.742 bits per heavy atom. The molecule has 176 valence electrons. The van der Waals surface area contributed by atoms with Gasteiger partial charge in [-0.3, -0.25) is 0 Å². The van der Waals surface area contributed by atoms with Crippen LogP contribution < -0.4 is 0 Å². The van der Waals surface area contributed by atoms with Crippen LogP contribution in [-0.4, -0.2) is 35.9 Å². The van der Waals surface area contributed by atoms with Crippen molar-refractivity contribution in [2.45, 2.75) is 116 Å². The second-order valence-electron chi connectivity index (χ2n) is 11.0. The number of rotatable bonds is 5. The van der Waals surface area contributed by atoms with Gasteiger partial charge in [-0.05, 0) is 41.6 Å². The maximum absolute atomic E-state index is 7.28. The van der Waals surface area contributed by atoms with Crippen molar-refractivity contribution in [2.75, 3.05) is 6.61 Å². The summed E-state index contributed by atoms with van der Waals surface area (Å²) in [5.74, 6) is 0. The predicted octanol–water partition coefficient (Wildman–Crippen LogP) is 7.09. The molecular formula is C25H44O4Si2. The fraction of sp³-hybridized carbons (Fsp3) is 0.760. The molecule has 1 aromatic carbocycles. The van der Waals surface area contributed by atoms with Gasteiger partial charge in [0.25, 0.3) is 0 Å². The van der Waals surface area contributed by atoms with E-state index in [0.717, 1.165) is 6.42 Å². The van der Waals surface area contributed by atoms with Crippen LogP contribution in [0, 0.1) is 13.8 Å². The molecule has 2 heterocycles. The first-order valence-electron chi connectivity index (χ1n) is 12.2. The Morgan fingerprint density at radius 2 is 1.26 bits per heavy atom. The lowest BCUT2D eigenvalue weighted by Gasteiger charge is -2.51. The summed E-state index contributed by atoms with van der Waals surface area (Å²) in [5, 5.41) is 0. The van der Waals surface area contributed by atoms with Gasteiger partial charge in [0, 0.05) is 6.42 Å². The van der Waals surface area contributed by atoms with Gasteiger partial charge >= 0.3 is 17.1 Å². The number of benzene rings is 1. The predicted molar refractivity (Wildman–Crippen MR) is 132 cm³/mol. The molecule has 2 aliphatic rings. The number of ether oxygens (including phenoxy) is 1. The molecule has 31 heavy (non-hydrogen) atoms. The largest absolute Gasteiger partial charge is 0.414 e. The van der Waals surface area contributed by atoms with Crippen LogP contribution in [0.4, 0.5) is 0 Å². The van der Waals surface area contributed by atoms with Gasteiger partial charge in [-0.25, -0.2) is 0 Å². The maximum Gasteiger partial charge on any atom is 0.335 e. The Bertz CT molecular complexity index is 726. The molecule has 4 nitrogen and oxygen atoms in total. The molecule has 0 bridgehead atoms. The van der Waals surface area contributed by atoms with E-state index in [0.29, 0.717) is 28.8 Å². The average molecular weight is 465 g/mol. The van der Waals surface area contributed by atoms with Crippen molar-refractivity contribution < 1.29 is 17.7 Å². The molecule has 0 aromatic heterocycles. The van der Waals surface area contributed by atoms with Gasteiger partial charge in [0.15, 0.2) is 0 Å². The molecule has 2 fully saturated rings. The summed E-state index contributed by atoms with van der Waals surface area (Å²) in [7, 11) is -5.07. The minimum atomic E-state index is -2.56. The number of fused-ring (bicyclic) bond motifs is 1. The smallest absolute Gasteiger partial charge is 0.335 e. The number of hydrogen-bond donors (Lipinski definition) is 0. The van der Waals surface area contributed by atoms with E-state index in [4.69, 9.17) is 17.7 Å². The summed E-state index contributed by atoms with van der Waals surface area (Å²) in [6.45, 7) is 23.0. The molecule has 1 aromatic rings. The topological polar surface area (TPSA) is 36.9 Å². The third-order valence-corrected chi connectivity index (χ3v) is 17.4. The van der Waals surface area contributed by atoms with Crippen LogP contribution in [0.25, 0.3) is 0 Å². The van der Waals surface area contributed by atoms with Crippen LogP contribution in [0.3, 0.4) is 0 Å². The van der Waals surface area contributed by atoms with Crippen molar-refractivity contribution in [1.29, 1.82) is 0 Å². The van der Waals surface area contributed by atoms with E-state index >= 15 is 0 Å². The summed E-state index contributed by atoms with van der Waals surface area (Å²) >= 11 is 0. The van der Waals surface area contributed by atoms with Crippen LogP contribution >= 0.6 is 0 Å². The third kappa shape index (κ3) is 4.75. The summed E-state index contributed by atoms with van der Waals surface area (Å²) in [6.07, 6.45) is 0.902. The minimum absolute atomic E-state index is 0.0219. The Morgan fingerprint density at radius 3 is 1.74 bits per heavy atom. The van der Waals surface area contributed by atoms with Gasteiger partial charge < -0.3 is 17.7 Å². The second kappa shape index (κ2) is 9.39. The fourth-order valence-electron chi connectivity index (χ4n) is 5.56. The molecule has 3 atom stereocenters. The molecule has 0 aliphatic carbocycles. The molecule has 2 aliphatic heterocycles. The normalized spacial score (nSPS) is 28.3. The van der Waals surface area contributed by atoms with Crippen LogP contribution in [0.5, 0.6) is 0 Å². The SMILES string of the molecule is Cc1cc(C)cc([C@H]2C[C@@H]3O[Si](C(C)C)(C(C)C)O[Si](C(C)C)(C(C)C)OC[C@H]3O2)c1. The fourth-order valence-corrected chi connectivity index (χ4v) is 16.8. The molecule has 0 N–H and O–H groups in total. The zero-order chi connectivity index (χ0) is 23.1. The van der Waals surface area contributed by atoms with Gasteiger partial charge in [-0.2, -0.15) is 0 Å². The molecule has 2 saturated heterocycles. The monoisotopic (exact) mass is 464 g/mol. The summed E-state index contributed by atoms with van der Waals surface area (Å²) in [6, 6.07) is 6.73. The van der Waals surface area contributed by atoms with Crippen molar-refractivity contribution in [1.82, 2.24) is 0 Å². The van der Waals surface area contributed by atoms with Crippen LogP contribution in [0.1, 0.15) is 84.6 Å². The molecule has 0 saturated carbocycles. The van der Waals surface area contributed by atoms with Crippen molar-refractivity contribution in [3.63, 3.8) is 0 Å². The first-order chi connectivity index (χ1) is 14.4. The molecule has 0 radical (unpaired) electrons. The van der Waals surface area contributed by atoms with Crippen molar-refractivity contribution in [3.05, 3.63) is 34.9 Å². The second-order valence-corrected chi connectivity index (χ2v) is 19.8. The third-order valence-electron chi connectivity index (χ3n) is 7.16. The Balaban J connectivity index is 2.00. The van der Waals surface area contributed by atoms with E-state index in [1.54, 1.807) is 0 Å². The van der Waals surface area contributed by atoms with Gasteiger partial charge in [0.1, 0.15) is 6.10 Å². The highest BCUT2D eigenvalue weighted by Crippen LogP contribution is 2.48. The standard InChI is InChI=1S/C25H44O4Si2/c1-16(2)30(17(3)4)26-15-25-24(28-31(29-30,18(5)6)19(7)8)14-23(27-25)22-12-20(9)11-21(10)13-22/h11-13,16-19,23-25H,14-15H2,1-10H3/t23-,24+,25-/m1/s1. The van der Waals surface area contributed by atoms with Gasteiger partial charge in [-0.1, -0.05) is 84.7 Å². The van der Waals surface area contributed by atoms with E-state index < -0.39 is 17.1 Å². The zero-order valence-corrected chi connectivity index (χ0v) is 23.3. The van der Waals surface area contributed by atoms with E-state index in [-0.39, 0.29) is 18.3 Å². The molecule has 0 unspecified atom stereocenters. The minimum Gasteiger partial charge on any atom is -0.414 e. The Hall–Kier alpha value is -0.506. The lowest BCUT2D eigenvalue weighted by molar-refractivity contribution is -0.0385. The lowest BCUT2D eigenvalue weighted by Crippen LogP contribution is -2.65. The highest BCUT2D eigenvalue weighted by Gasteiger charge is 2.60. The van der Waals surface area contributed by atoms with Crippen LogP contribution in [0.2, 0.25) is 22.2 Å². The van der Waals surface area contributed by atoms with Gasteiger partial charge in [0.05, 0.1) is 18.8 Å². The van der Waals surface area contributed by atoms with E-state index in [1.165, 1.54) is 16.7 Å². The van der Waals surface area contributed by atoms with Crippen LogP contribution in [-0.2, 0) is 17.7 Å². The lowest BCUT2D eigenvalue weighted by atomic mass is 10.0. The Labute approximate surface area is 192 Å². The van der Waals surface area contributed by atoms with Crippen molar-refractivity contribution >= 4 is 17.1 Å². The van der Waals surface area contributed by atoms with Crippen molar-refractivity contribution in [2.24, 2.45) is 0 Å². The zero-order valence-electron chi connectivity index (χ0n) is 21.3. The van der Waals surface area contributed by atoms with Crippen LogP contribution in [0.15, 0.2) is 18.2 Å². The molecule has 0 spiro atoms. The van der Waals surface area contributed by atoms with E-state index in [9.17, 15) is 0 Å². The van der Waals surface area contributed by atoms with Gasteiger partial charge in [0.2, 0.25) is 0 Å². The first-order valence-corrected chi connectivity index (χ1v) is 16.1. The first kappa shape index (κ1) is 25.1. The molecule has 3 rings (SSSR count). The summed E-state index contributed by atoms with van der Waals surface area (Å²) < 4.78 is 27.9. The quantitative estimate of drug-likeness (QED) is 0.436. The molecular weight excluding hydrogens is 420 g/mol. The van der Waals surface area contributed by atoms with E-state index in [1.807, 2.05) is 0 Å². The highest BCUT2D eigenvalue weighted by atomic mass is 28.5. The Kier molecular flexibility index (Phi) is 7.61. The number of aryl methyl sites for hydroxylation is 2. The molecule has 6 heteroatoms. The van der Waals surface area contributed by atoms with E-state index in [2.05, 4.69) is 87.4 Å². The summed E-state index contributed by atoms with van der Waals surface area (Å²) in [4.78, 5) is 0. The molecule has 0 amide bonds. The van der Waals surface area contributed by atoms with Crippen molar-refractivity contribution in [3.8, 4) is 0 Å².